The Morgan fingerprint density at radius 2 is 2.22 bits per heavy atom. The maximum Gasteiger partial charge on any atom is 0.291 e. The Labute approximate surface area is 111 Å². The van der Waals surface area contributed by atoms with Crippen molar-refractivity contribution in [2.75, 3.05) is 5.32 Å². The summed E-state index contributed by atoms with van der Waals surface area (Å²) >= 11 is 3.31. The second-order valence-corrected chi connectivity index (χ2v) is 4.51. The largest absolute Gasteiger partial charge is 0.337 e. The van der Waals surface area contributed by atoms with Gasteiger partial charge in [-0.05, 0) is 22.9 Å². The van der Waals surface area contributed by atoms with E-state index < -0.39 is 4.92 Å². The van der Waals surface area contributed by atoms with Crippen LogP contribution in [0.15, 0.2) is 23.1 Å². The number of hydrogen-bond donors (Lipinski definition) is 1. The highest BCUT2D eigenvalue weighted by Gasteiger charge is 2.17. The van der Waals surface area contributed by atoms with Gasteiger partial charge in [0.15, 0.2) is 0 Å². The van der Waals surface area contributed by atoms with Gasteiger partial charge in [0.1, 0.15) is 12.0 Å². The lowest BCUT2D eigenvalue weighted by Crippen LogP contribution is -1.99. The predicted molar refractivity (Wildman–Crippen MR) is 69.8 cm³/mol. The van der Waals surface area contributed by atoms with Gasteiger partial charge in [0.2, 0.25) is 0 Å². The summed E-state index contributed by atoms with van der Waals surface area (Å²) < 4.78 is 2.22. The summed E-state index contributed by atoms with van der Waals surface area (Å²) in [5.74, 6) is 0.520. The monoisotopic (exact) mass is 311 g/mol. The third kappa shape index (κ3) is 2.33. The molecule has 0 unspecified atom stereocenters. The van der Waals surface area contributed by atoms with E-state index in [0.29, 0.717) is 15.9 Å². The van der Waals surface area contributed by atoms with E-state index in [9.17, 15) is 10.1 Å². The van der Waals surface area contributed by atoms with Gasteiger partial charge in [-0.1, -0.05) is 0 Å². The van der Waals surface area contributed by atoms with Crippen LogP contribution in [0.1, 0.15) is 5.56 Å². The topological polar surface area (TPSA) is 85.9 Å². The Bertz CT molecular complexity index is 610. The average molecular weight is 312 g/mol. The van der Waals surface area contributed by atoms with Crippen LogP contribution in [0.3, 0.4) is 0 Å². The molecule has 94 valence electrons. The van der Waals surface area contributed by atoms with Crippen molar-refractivity contribution in [3.8, 4) is 0 Å². The van der Waals surface area contributed by atoms with Gasteiger partial charge >= 0.3 is 0 Å². The van der Waals surface area contributed by atoms with Crippen LogP contribution < -0.4 is 5.32 Å². The lowest BCUT2D eigenvalue weighted by atomic mass is 10.2. The molecule has 0 saturated heterocycles. The molecule has 2 aromatic heterocycles. The van der Waals surface area contributed by atoms with Crippen LogP contribution in [-0.4, -0.2) is 19.7 Å². The van der Waals surface area contributed by atoms with Crippen molar-refractivity contribution in [3.63, 3.8) is 0 Å². The molecule has 0 atom stereocenters. The molecular weight excluding hydrogens is 302 g/mol. The average Bonchev–Trinajstić information content (AvgIpc) is 2.70. The van der Waals surface area contributed by atoms with E-state index in [0.717, 1.165) is 5.69 Å². The minimum absolute atomic E-state index is 0.0152. The molecule has 0 aromatic carbocycles. The van der Waals surface area contributed by atoms with Crippen LogP contribution in [0.2, 0.25) is 0 Å². The number of aromatic nitrogens is 3. The van der Waals surface area contributed by atoms with E-state index in [1.165, 1.54) is 6.20 Å². The molecule has 0 aliphatic rings. The quantitative estimate of drug-likeness (QED) is 0.695. The summed E-state index contributed by atoms with van der Waals surface area (Å²) in [7, 11) is 1.80. The van der Waals surface area contributed by atoms with E-state index in [2.05, 4.69) is 31.3 Å². The second-order valence-electron chi connectivity index (χ2n) is 3.72. The SMILES string of the molecule is Cc1c([N+](=O)[O-])cnc(Nc2cnn(C)c2)c1Br. The van der Waals surface area contributed by atoms with Gasteiger partial charge in [0, 0.05) is 18.8 Å². The van der Waals surface area contributed by atoms with E-state index >= 15 is 0 Å². The number of nitrogens with zero attached hydrogens (tertiary/aromatic N) is 4. The molecule has 7 nitrogen and oxygen atoms in total. The van der Waals surface area contributed by atoms with Crippen LogP contribution >= 0.6 is 15.9 Å². The first kappa shape index (κ1) is 12.5. The molecule has 2 rings (SSSR count). The lowest BCUT2D eigenvalue weighted by molar-refractivity contribution is -0.385. The molecule has 2 aromatic rings. The lowest BCUT2D eigenvalue weighted by Gasteiger charge is -2.07. The zero-order valence-electron chi connectivity index (χ0n) is 9.72. The number of nitrogens with one attached hydrogen (secondary N) is 1. The maximum atomic E-state index is 10.8. The minimum Gasteiger partial charge on any atom is -0.337 e. The highest BCUT2D eigenvalue weighted by molar-refractivity contribution is 9.10. The fourth-order valence-electron chi connectivity index (χ4n) is 1.46. The van der Waals surface area contributed by atoms with E-state index in [1.807, 2.05) is 0 Å². The van der Waals surface area contributed by atoms with E-state index in [1.54, 1.807) is 31.0 Å². The predicted octanol–water partition coefficient (Wildman–Crippen LogP) is 2.54. The van der Waals surface area contributed by atoms with Gasteiger partial charge < -0.3 is 5.32 Å². The number of nitro groups is 1. The van der Waals surface area contributed by atoms with Gasteiger partial charge in [-0.2, -0.15) is 5.10 Å². The summed E-state index contributed by atoms with van der Waals surface area (Å²) in [5, 5.41) is 17.8. The zero-order valence-corrected chi connectivity index (χ0v) is 11.3. The molecule has 0 radical (unpaired) electrons. The fraction of sp³-hybridized carbons (Fsp3) is 0.200. The first-order chi connectivity index (χ1) is 8.49. The third-order valence-electron chi connectivity index (χ3n) is 2.40. The molecule has 0 spiro atoms. The normalized spacial score (nSPS) is 10.4. The van der Waals surface area contributed by atoms with Crippen LogP contribution in [0.5, 0.6) is 0 Å². The Kier molecular flexibility index (Phi) is 3.28. The van der Waals surface area contributed by atoms with E-state index in [-0.39, 0.29) is 5.69 Å². The molecule has 2 heterocycles. The summed E-state index contributed by atoms with van der Waals surface area (Å²) in [4.78, 5) is 14.3. The molecule has 0 aliphatic heterocycles. The van der Waals surface area contributed by atoms with Crippen molar-refractivity contribution in [2.45, 2.75) is 6.92 Å². The minimum atomic E-state index is -0.457. The molecule has 0 fully saturated rings. The number of aryl methyl sites for hydroxylation is 1. The van der Waals surface area contributed by atoms with Crippen molar-refractivity contribution >= 4 is 33.1 Å². The van der Waals surface area contributed by atoms with Gasteiger partial charge in [-0.15, -0.1) is 0 Å². The molecular formula is C10H10BrN5O2. The zero-order chi connectivity index (χ0) is 13.3. The van der Waals surface area contributed by atoms with Gasteiger partial charge in [-0.3, -0.25) is 14.8 Å². The summed E-state index contributed by atoms with van der Waals surface area (Å²) in [6, 6.07) is 0. The van der Waals surface area contributed by atoms with Crippen molar-refractivity contribution in [1.29, 1.82) is 0 Å². The highest BCUT2D eigenvalue weighted by Crippen LogP contribution is 2.31. The molecule has 0 saturated carbocycles. The first-order valence-electron chi connectivity index (χ1n) is 5.04. The third-order valence-corrected chi connectivity index (χ3v) is 3.37. The van der Waals surface area contributed by atoms with Crippen molar-refractivity contribution in [2.24, 2.45) is 7.05 Å². The molecule has 0 aliphatic carbocycles. The smallest absolute Gasteiger partial charge is 0.291 e. The fourth-order valence-corrected chi connectivity index (χ4v) is 1.87. The molecule has 1 N–H and O–H groups in total. The van der Waals surface area contributed by atoms with Gasteiger partial charge in [0.25, 0.3) is 5.69 Å². The first-order valence-corrected chi connectivity index (χ1v) is 5.83. The number of pyridine rings is 1. The van der Waals surface area contributed by atoms with Crippen LogP contribution in [0, 0.1) is 17.0 Å². The van der Waals surface area contributed by atoms with Gasteiger partial charge in [-0.25, -0.2) is 4.98 Å². The molecule has 0 bridgehead atoms. The Morgan fingerprint density at radius 1 is 1.50 bits per heavy atom. The Balaban J connectivity index is 2.35. The maximum absolute atomic E-state index is 10.8. The number of hydrogen-bond acceptors (Lipinski definition) is 5. The number of anilines is 2. The van der Waals surface area contributed by atoms with Crippen molar-refractivity contribution in [3.05, 3.63) is 38.7 Å². The summed E-state index contributed by atoms with van der Waals surface area (Å²) in [5.41, 5.74) is 1.28. The molecule has 18 heavy (non-hydrogen) atoms. The Hall–Kier alpha value is -1.96. The summed E-state index contributed by atoms with van der Waals surface area (Å²) in [6.45, 7) is 1.66. The molecule has 0 amide bonds. The second kappa shape index (κ2) is 4.73. The van der Waals surface area contributed by atoms with Crippen molar-refractivity contribution < 1.29 is 4.92 Å². The highest BCUT2D eigenvalue weighted by atomic mass is 79.9. The molecule has 8 heteroatoms. The van der Waals surface area contributed by atoms with Gasteiger partial charge in [0.05, 0.1) is 21.3 Å². The van der Waals surface area contributed by atoms with Crippen LogP contribution in [-0.2, 0) is 7.05 Å². The van der Waals surface area contributed by atoms with Crippen LogP contribution in [0.25, 0.3) is 0 Å². The van der Waals surface area contributed by atoms with E-state index in [4.69, 9.17) is 0 Å². The standard InChI is InChI=1S/C10H10BrN5O2/c1-6-8(16(17)18)4-12-10(9(6)11)14-7-3-13-15(2)5-7/h3-5H,1-2H3,(H,12,14). The number of rotatable bonds is 3. The van der Waals surface area contributed by atoms with Crippen molar-refractivity contribution in [1.82, 2.24) is 14.8 Å². The van der Waals surface area contributed by atoms with Crippen LogP contribution in [0.4, 0.5) is 17.2 Å². The Morgan fingerprint density at radius 3 is 2.78 bits per heavy atom. The number of halogens is 1. The summed E-state index contributed by atoms with van der Waals surface area (Å²) in [6.07, 6.45) is 4.66.